The summed E-state index contributed by atoms with van der Waals surface area (Å²) in [5.41, 5.74) is 1.92. The van der Waals surface area contributed by atoms with Crippen LogP contribution < -0.4 is 0 Å². The first-order valence-electron chi connectivity index (χ1n) is 5.44. The zero-order valence-electron chi connectivity index (χ0n) is 9.56. The van der Waals surface area contributed by atoms with Crippen LogP contribution in [0.3, 0.4) is 0 Å². The lowest BCUT2D eigenvalue weighted by atomic mass is 9.69. The van der Waals surface area contributed by atoms with Gasteiger partial charge in [0.2, 0.25) is 0 Å². The number of benzene rings is 1. The minimum absolute atomic E-state index is 0.334. The zero-order chi connectivity index (χ0) is 11.8. The third kappa shape index (κ3) is 1.61. The molecule has 0 saturated carbocycles. The van der Waals surface area contributed by atoms with E-state index in [0.29, 0.717) is 13.2 Å². The van der Waals surface area contributed by atoms with Crippen LogP contribution in [-0.4, -0.2) is 24.3 Å². The van der Waals surface area contributed by atoms with Crippen molar-refractivity contribution < 1.29 is 14.6 Å². The molecule has 0 bridgehead atoms. The minimum Gasteiger partial charge on any atom is -0.481 e. The lowest BCUT2D eigenvalue weighted by molar-refractivity contribution is -0.155. The normalized spacial score (nSPS) is 19.9. The van der Waals surface area contributed by atoms with Crippen molar-refractivity contribution in [3.63, 3.8) is 0 Å². The zero-order valence-corrected chi connectivity index (χ0v) is 9.56. The van der Waals surface area contributed by atoms with Gasteiger partial charge < -0.3 is 9.84 Å². The van der Waals surface area contributed by atoms with Gasteiger partial charge in [-0.3, -0.25) is 4.79 Å². The number of carbonyl (C=O) groups is 1. The first-order valence-corrected chi connectivity index (χ1v) is 5.44. The molecule has 16 heavy (non-hydrogen) atoms. The molecule has 1 saturated heterocycles. The summed E-state index contributed by atoms with van der Waals surface area (Å²) in [5, 5.41) is 9.14. The van der Waals surface area contributed by atoms with Crippen molar-refractivity contribution in [2.75, 3.05) is 13.2 Å². The Balaban J connectivity index is 2.34. The van der Waals surface area contributed by atoms with E-state index >= 15 is 0 Å². The number of ether oxygens (including phenoxy) is 1. The number of rotatable bonds is 3. The minimum atomic E-state index is -0.760. The number of hydrogen-bond donors (Lipinski definition) is 1. The highest BCUT2D eigenvalue weighted by atomic mass is 16.5. The standard InChI is InChI=1S/C13H16O3/c1-9-3-5-11(6-4-9)13(7-16-8-13)10(2)12(14)15/h3-6,10H,7-8H2,1-2H3,(H,14,15). The molecule has 0 amide bonds. The summed E-state index contributed by atoms with van der Waals surface area (Å²) in [5.74, 6) is -1.17. The van der Waals surface area contributed by atoms with Gasteiger partial charge in [0, 0.05) is 0 Å². The van der Waals surface area contributed by atoms with Gasteiger partial charge in [-0.25, -0.2) is 0 Å². The molecule has 0 aromatic heterocycles. The predicted molar refractivity (Wildman–Crippen MR) is 60.5 cm³/mol. The summed E-state index contributed by atoms with van der Waals surface area (Å²) in [4.78, 5) is 11.1. The molecule has 1 aliphatic rings. The molecule has 1 heterocycles. The van der Waals surface area contributed by atoms with Crippen LogP contribution >= 0.6 is 0 Å². The molecule has 0 aliphatic carbocycles. The SMILES string of the molecule is Cc1ccc(C2(C(C)C(=O)O)COC2)cc1. The summed E-state index contributed by atoms with van der Waals surface area (Å²) in [7, 11) is 0. The van der Waals surface area contributed by atoms with Gasteiger partial charge in [0.05, 0.1) is 24.5 Å². The Bertz CT molecular complexity index is 390. The molecule has 1 N–H and O–H groups in total. The van der Waals surface area contributed by atoms with Gasteiger partial charge in [-0.15, -0.1) is 0 Å². The monoisotopic (exact) mass is 220 g/mol. The van der Waals surface area contributed by atoms with E-state index in [4.69, 9.17) is 9.84 Å². The summed E-state index contributed by atoms with van der Waals surface area (Å²) in [6.07, 6.45) is 0. The van der Waals surface area contributed by atoms with Gasteiger partial charge in [-0.2, -0.15) is 0 Å². The van der Waals surface area contributed by atoms with E-state index in [1.807, 2.05) is 31.2 Å². The Morgan fingerprint density at radius 2 is 1.94 bits per heavy atom. The highest BCUT2D eigenvalue weighted by molar-refractivity contribution is 5.72. The topological polar surface area (TPSA) is 46.5 Å². The van der Waals surface area contributed by atoms with Crippen molar-refractivity contribution in [2.45, 2.75) is 19.3 Å². The van der Waals surface area contributed by atoms with Crippen molar-refractivity contribution in [1.82, 2.24) is 0 Å². The van der Waals surface area contributed by atoms with Gasteiger partial charge in [0.15, 0.2) is 0 Å². The Morgan fingerprint density at radius 1 is 1.38 bits per heavy atom. The molecule has 1 fully saturated rings. The van der Waals surface area contributed by atoms with Gasteiger partial charge in [0.1, 0.15) is 0 Å². The van der Waals surface area contributed by atoms with E-state index in [9.17, 15) is 4.79 Å². The average Bonchev–Trinajstić information content (AvgIpc) is 2.19. The maximum Gasteiger partial charge on any atom is 0.307 e. The quantitative estimate of drug-likeness (QED) is 0.847. The van der Waals surface area contributed by atoms with Crippen molar-refractivity contribution in [3.05, 3.63) is 35.4 Å². The van der Waals surface area contributed by atoms with Crippen molar-refractivity contribution in [2.24, 2.45) is 5.92 Å². The number of hydrogen-bond acceptors (Lipinski definition) is 2. The van der Waals surface area contributed by atoms with E-state index in [0.717, 1.165) is 5.56 Å². The summed E-state index contributed by atoms with van der Waals surface area (Å²) in [6, 6.07) is 8.06. The van der Waals surface area contributed by atoms with E-state index in [1.54, 1.807) is 6.92 Å². The fourth-order valence-electron chi connectivity index (χ4n) is 2.11. The molecule has 2 rings (SSSR count). The van der Waals surface area contributed by atoms with Crippen molar-refractivity contribution in [3.8, 4) is 0 Å². The van der Waals surface area contributed by atoms with Crippen LogP contribution in [0.25, 0.3) is 0 Å². The van der Waals surface area contributed by atoms with Gasteiger partial charge in [0.25, 0.3) is 0 Å². The Morgan fingerprint density at radius 3 is 2.31 bits per heavy atom. The van der Waals surface area contributed by atoms with Gasteiger partial charge in [-0.1, -0.05) is 36.8 Å². The Hall–Kier alpha value is -1.35. The van der Waals surface area contributed by atoms with Crippen LogP contribution in [0.15, 0.2) is 24.3 Å². The lowest BCUT2D eigenvalue weighted by Gasteiger charge is -2.44. The van der Waals surface area contributed by atoms with Crippen LogP contribution in [0.1, 0.15) is 18.1 Å². The fourth-order valence-corrected chi connectivity index (χ4v) is 2.11. The largest absolute Gasteiger partial charge is 0.481 e. The van der Waals surface area contributed by atoms with Crippen molar-refractivity contribution in [1.29, 1.82) is 0 Å². The second-order valence-electron chi connectivity index (χ2n) is 4.57. The van der Waals surface area contributed by atoms with Gasteiger partial charge >= 0.3 is 5.97 Å². The fraction of sp³-hybridized carbons (Fsp3) is 0.462. The van der Waals surface area contributed by atoms with E-state index in [1.165, 1.54) is 5.56 Å². The van der Waals surface area contributed by atoms with Crippen LogP contribution in [-0.2, 0) is 14.9 Å². The molecule has 1 aromatic carbocycles. The number of aryl methyl sites for hydroxylation is 1. The molecule has 1 atom stereocenters. The maximum atomic E-state index is 11.1. The summed E-state index contributed by atoms with van der Waals surface area (Å²) >= 11 is 0. The maximum absolute atomic E-state index is 11.1. The number of carboxylic acids is 1. The van der Waals surface area contributed by atoms with Crippen molar-refractivity contribution >= 4 is 5.97 Å². The van der Waals surface area contributed by atoms with Crippen LogP contribution in [0.5, 0.6) is 0 Å². The first-order chi connectivity index (χ1) is 7.56. The van der Waals surface area contributed by atoms with Crippen LogP contribution in [0, 0.1) is 12.8 Å². The molecule has 3 heteroatoms. The Labute approximate surface area is 95.0 Å². The molecule has 0 radical (unpaired) electrons. The highest BCUT2D eigenvalue weighted by Gasteiger charge is 2.48. The molecule has 3 nitrogen and oxygen atoms in total. The Kier molecular flexibility index (Phi) is 2.72. The average molecular weight is 220 g/mol. The lowest BCUT2D eigenvalue weighted by Crippen LogP contribution is -2.53. The summed E-state index contributed by atoms with van der Waals surface area (Å²) in [6.45, 7) is 4.78. The molecule has 0 spiro atoms. The molecular weight excluding hydrogens is 204 g/mol. The van der Waals surface area contributed by atoms with E-state index < -0.39 is 11.9 Å². The number of aliphatic carboxylic acids is 1. The second-order valence-corrected chi connectivity index (χ2v) is 4.57. The van der Waals surface area contributed by atoms with E-state index in [2.05, 4.69) is 0 Å². The third-order valence-corrected chi connectivity index (χ3v) is 3.55. The smallest absolute Gasteiger partial charge is 0.307 e. The second kappa shape index (κ2) is 3.91. The van der Waals surface area contributed by atoms with Crippen LogP contribution in [0.2, 0.25) is 0 Å². The highest BCUT2D eigenvalue weighted by Crippen LogP contribution is 2.39. The van der Waals surface area contributed by atoms with E-state index in [-0.39, 0.29) is 5.41 Å². The summed E-state index contributed by atoms with van der Waals surface area (Å²) < 4.78 is 5.23. The first kappa shape index (κ1) is 11.1. The molecule has 86 valence electrons. The molecule has 1 aromatic rings. The van der Waals surface area contributed by atoms with Gasteiger partial charge in [-0.05, 0) is 12.5 Å². The number of carboxylic acid groups (broad SMARTS) is 1. The third-order valence-electron chi connectivity index (χ3n) is 3.55. The molecule has 1 unspecified atom stereocenters. The molecule has 1 aliphatic heterocycles. The van der Waals surface area contributed by atoms with Crippen LogP contribution in [0.4, 0.5) is 0 Å². The predicted octanol–water partition coefficient (Wildman–Crippen LogP) is 1.98. The molecular formula is C13H16O3.